The predicted octanol–water partition coefficient (Wildman–Crippen LogP) is 3.29. The lowest BCUT2D eigenvalue weighted by Crippen LogP contribution is -2.24. The van der Waals surface area contributed by atoms with Gasteiger partial charge in [0.05, 0.1) is 17.8 Å². The zero-order valence-corrected chi connectivity index (χ0v) is 14.2. The number of nitrogens with one attached hydrogen (secondary N) is 1. The normalized spacial score (nSPS) is 12.1. The molecule has 0 fully saturated rings. The number of amides is 1. The van der Waals surface area contributed by atoms with E-state index in [1.807, 2.05) is 12.3 Å². The fraction of sp³-hybridized carbons (Fsp3) is 0.235. The molecular formula is C17H18ClN5O. The number of nitrogens with zero attached hydrogens (tertiary/aromatic N) is 4. The van der Waals surface area contributed by atoms with E-state index in [4.69, 9.17) is 11.6 Å². The van der Waals surface area contributed by atoms with Crippen molar-refractivity contribution in [2.45, 2.75) is 26.4 Å². The molecule has 0 aliphatic rings. The summed E-state index contributed by atoms with van der Waals surface area (Å²) in [6.45, 7) is 4.46. The second-order valence-electron chi connectivity index (χ2n) is 5.69. The van der Waals surface area contributed by atoms with Crippen LogP contribution in [0.25, 0.3) is 0 Å². The van der Waals surface area contributed by atoms with Crippen molar-refractivity contribution < 1.29 is 4.79 Å². The Balaban J connectivity index is 1.64. The molecule has 1 aromatic carbocycles. The van der Waals surface area contributed by atoms with Gasteiger partial charge in [-0.3, -0.25) is 14.2 Å². The van der Waals surface area contributed by atoms with Gasteiger partial charge in [-0.2, -0.15) is 10.2 Å². The monoisotopic (exact) mass is 343 g/mol. The minimum Gasteiger partial charge on any atom is -0.307 e. The lowest BCUT2D eigenvalue weighted by Gasteiger charge is -2.11. The summed E-state index contributed by atoms with van der Waals surface area (Å²) in [4.78, 5) is 12.3. The second-order valence-corrected chi connectivity index (χ2v) is 6.13. The molecule has 24 heavy (non-hydrogen) atoms. The largest absolute Gasteiger partial charge is 0.307 e. The van der Waals surface area contributed by atoms with E-state index in [1.54, 1.807) is 23.9 Å². The summed E-state index contributed by atoms with van der Waals surface area (Å²) in [5.74, 6) is 0.313. The Labute approximate surface area is 145 Å². The molecular weight excluding hydrogens is 326 g/mol. The van der Waals surface area contributed by atoms with Crippen LogP contribution in [-0.2, 0) is 11.3 Å². The highest BCUT2D eigenvalue weighted by Crippen LogP contribution is 2.14. The topological polar surface area (TPSA) is 64.7 Å². The van der Waals surface area contributed by atoms with E-state index in [9.17, 15) is 4.79 Å². The van der Waals surface area contributed by atoms with E-state index >= 15 is 0 Å². The van der Waals surface area contributed by atoms with Gasteiger partial charge in [0, 0.05) is 18.5 Å². The van der Waals surface area contributed by atoms with Gasteiger partial charge in [-0.25, -0.2) is 0 Å². The van der Waals surface area contributed by atoms with Crippen molar-refractivity contribution in [1.82, 2.24) is 19.6 Å². The van der Waals surface area contributed by atoms with E-state index in [2.05, 4.69) is 40.6 Å². The summed E-state index contributed by atoms with van der Waals surface area (Å²) in [7, 11) is 0. The Hall–Kier alpha value is -2.60. The number of aromatic nitrogens is 4. The summed E-state index contributed by atoms with van der Waals surface area (Å²) in [6.07, 6.45) is 4.96. The Morgan fingerprint density at radius 3 is 2.92 bits per heavy atom. The first-order valence-electron chi connectivity index (χ1n) is 7.61. The van der Waals surface area contributed by atoms with Crippen molar-refractivity contribution in [1.29, 1.82) is 0 Å². The van der Waals surface area contributed by atoms with Gasteiger partial charge in [-0.15, -0.1) is 0 Å². The molecule has 0 aliphatic heterocycles. The highest BCUT2D eigenvalue weighted by atomic mass is 35.5. The molecule has 1 N–H and O–H groups in total. The van der Waals surface area contributed by atoms with Gasteiger partial charge in [-0.05, 0) is 19.4 Å². The Bertz CT molecular complexity index is 854. The van der Waals surface area contributed by atoms with E-state index < -0.39 is 6.04 Å². The molecule has 1 unspecified atom stereocenters. The summed E-state index contributed by atoms with van der Waals surface area (Å²) in [6, 6.07) is 9.55. The third kappa shape index (κ3) is 3.83. The Morgan fingerprint density at radius 1 is 1.38 bits per heavy atom. The molecule has 6 nitrogen and oxygen atoms in total. The van der Waals surface area contributed by atoms with Crippen molar-refractivity contribution in [2.75, 3.05) is 5.32 Å². The van der Waals surface area contributed by atoms with Crippen LogP contribution in [0.2, 0.25) is 5.02 Å². The highest BCUT2D eigenvalue weighted by molar-refractivity contribution is 6.30. The molecule has 1 amide bonds. The summed E-state index contributed by atoms with van der Waals surface area (Å²) < 4.78 is 3.31. The standard InChI is InChI=1S/C17H18ClN5O/c1-12-4-3-5-14(8-12)10-22-7-6-16(21-22)20-17(24)13(2)23-11-15(18)9-19-23/h3-9,11,13H,10H2,1-2H3,(H,20,21,24). The minimum absolute atomic E-state index is 0.199. The van der Waals surface area contributed by atoms with Crippen LogP contribution in [-0.4, -0.2) is 25.5 Å². The van der Waals surface area contributed by atoms with Crippen molar-refractivity contribution in [3.8, 4) is 0 Å². The SMILES string of the molecule is Cc1cccc(Cn2ccc(NC(=O)C(C)n3cc(Cl)cn3)n2)c1. The summed E-state index contributed by atoms with van der Waals surface area (Å²) >= 11 is 5.83. The lowest BCUT2D eigenvalue weighted by molar-refractivity contribution is -0.119. The lowest BCUT2D eigenvalue weighted by atomic mass is 10.1. The van der Waals surface area contributed by atoms with Crippen molar-refractivity contribution >= 4 is 23.3 Å². The van der Waals surface area contributed by atoms with E-state index in [0.717, 1.165) is 5.56 Å². The molecule has 3 rings (SSSR count). The molecule has 2 heterocycles. The summed E-state index contributed by atoms with van der Waals surface area (Å²) in [5.41, 5.74) is 2.37. The van der Waals surface area contributed by atoms with Crippen LogP contribution < -0.4 is 5.32 Å². The molecule has 2 aromatic heterocycles. The average Bonchev–Trinajstić information content (AvgIpc) is 3.16. The number of carbonyl (C=O) groups is 1. The number of hydrogen-bond acceptors (Lipinski definition) is 3. The fourth-order valence-corrected chi connectivity index (χ4v) is 2.54. The molecule has 0 radical (unpaired) electrons. The number of benzene rings is 1. The van der Waals surface area contributed by atoms with Crippen LogP contribution in [0.1, 0.15) is 24.1 Å². The smallest absolute Gasteiger partial charge is 0.250 e. The quantitative estimate of drug-likeness (QED) is 0.773. The molecule has 124 valence electrons. The van der Waals surface area contributed by atoms with Crippen LogP contribution in [0.3, 0.4) is 0 Å². The van der Waals surface area contributed by atoms with Crippen LogP contribution in [0.15, 0.2) is 48.9 Å². The second kappa shape index (κ2) is 6.88. The van der Waals surface area contributed by atoms with Gasteiger partial charge in [0.2, 0.25) is 5.91 Å². The Kier molecular flexibility index (Phi) is 4.66. The number of aryl methyl sites for hydroxylation is 1. The van der Waals surface area contributed by atoms with Crippen LogP contribution in [0.5, 0.6) is 0 Å². The number of rotatable bonds is 5. The molecule has 0 saturated carbocycles. The third-order valence-corrected chi connectivity index (χ3v) is 3.86. The molecule has 0 saturated heterocycles. The van der Waals surface area contributed by atoms with Crippen molar-refractivity contribution in [2.24, 2.45) is 0 Å². The zero-order valence-electron chi connectivity index (χ0n) is 13.5. The third-order valence-electron chi connectivity index (χ3n) is 3.67. The number of hydrogen-bond donors (Lipinski definition) is 1. The highest BCUT2D eigenvalue weighted by Gasteiger charge is 2.17. The first-order valence-corrected chi connectivity index (χ1v) is 7.98. The van der Waals surface area contributed by atoms with Gasteiger partial charge in [0.25, 0.3) is 0 Å². The van der Waals surface area contributed by atoms with Crippen LogP contribution in [0, 0.1) is 6.92 Å². The summed E-state index contributed by atoms with van der Waals surface area (Å²) in [5, 5.41) is 11.7. The van der Waals surface area contributed by atoms with Gasteiger partial charge in [0.15, 0.2) is 5.82 Å². The minimum atomic E-state index is -0.473. The Morgan fingerprint density at radius 2 is 2.21 bits per heavy atom. The average molecular weight is 344 g/mol. The van der Waals surface area contributed by atoms with E-state index in [-0.39, 0.29) is 5.91 Å². The molecule has 0 bridgehead atoms. The van der Waals surface area contributed by atoms with E-state index in [0.29, 0.717) is 17.4 Å². The predicted molar refractivity (Wildman–Crippen MR) is 93.1 cm³/mol. The van der Waals surface area contributed by atoms with Gasteiger partial charge in [-0.1, -0.05) is 41.4 Å². The maximum atomic E-state index is 12.3. The molecule has 1 atom stereocenters. The molecule has 3 aromatic rings. The van der Waals surface area contributed by atoms with Gasteiger partial charge < -0.3 is 5.32 Å². The zero-order chi connectivity index (χ0) is 17.1. The van der Waals surface area contributed by atoms with Crippen LogP contribution >= 0.6 is 11.6 Å². The fourth-order valence-electron chi connectivity index (χ4n) is 2.39. The van der Waals surface area contributed by atoms with Crippen molar-refractivity contribution in [3.05, 3.63) is 65.1 Å². The first-order chi connectivity index (χ1) is 11.5. The van der Waals surface area contributed by atoms with Gasteiger partial charge in [0.1, 0.15) is 6.04 Å². The molecule has 0 aliphatic carbocycles. The molecule has 0 spiro atoms. The number of halogens is 1. The first kappa shape index (κ1) is 16.3. The number of anilines is 1. The maximum Gasteiger partial charge on any atom is 0.250 e. The van der Waals surface area contributed by atoms with E-state index in [1.165, 1.54) is 16.4 Å². The molecule has 7 heteroatoms. The van der Waals surface area contributed by atoms with Gasteiger partial charge >= 0.3 is 0 Å². The van der Waals surface area contributed by atoms with Crippen molar-refractivity contribution in [3.63, 3.8) is 0 Å². The maximum absolute atomic E-state index is 12.3. The number of carbonyl (C=O) groups excluding carboxylic acids is 1. The van der Waals surface area contributed by atoms with Crippen LogP contribution in [0.4, 0.5) is 5.82 Å².